The van der Waals surface area contributed by atoms with Crippen molar-refractivity contribution in [3.05, 3.63) is 23.1 Å². The van der Waals surface area contributed by atoms with Crippen molar-refractivity contribution in [1.82, 2.24) is 4.98 Å². The molecule has 0 unspecified atom stereocenters. The molecule has 2 N–H and O–H groups in total. The molecule has 1 amide bonds. The predicted octanol–water partition coefficient (Wildman–Crippen LogP) is 2.12. The number of nitrogens with two attached hydrogens (primary N) is 1. The Morgan fingerprint density at radius 3 is 2.56 bits per heavy atom. The van der Waals surface area contributed by atoms with Crippen LogP contribution in [0.4, 0.5) is 9.18 Å². The van der Waals surface area contributed by atoms with Crippen molar-refractivity contribution in [2.45, 2.75) is 32.8 Å². The Balaban J connectivity index is 3.44. The zero-order valence-electron chi connectivity index (χ0n) is 10.9. The van der Waals surface area contributed by atoms with E-state index < -0.39 is 17.3 Å². The van der Waals surface area contributed by atoms with Crippen LogP contribution in [-0.2, 0) is 16.8 Å². The molecule has 0 aliphatic rings. The first-order chi connectivity index (χ1) is 8.27. The van der Waals surface area contributed by atoms with Crippen molar-refractivity contribution in [2.75, 3.05) is 7.11 Å². The van der Waals surface area contributed by atoms with E-state index in [1.165, 1.54) is 7.11 Å². The Labute approximate surface area is 105 Å². The predicted molar refractivity (Wildman–Crippen MR) is 63.8 cm³/mol. The maximum absolute atomic E-state index is 13.8. The van der Waals surface area contributed by atoms with Crippen LogP contribution in [-0.4, -0.2) is 18.2 Å². The van der Waals surface area contributed by atoms with E-state index in [0.717, 1.165) is 6.20 Å². The Kier molecular flexibility index (Phi) is 4.24. The van der Waals surface area contributed by atoms with Crippen LogP contribution in [0.25, 0.3) is 0 Å². The molecular formula is C12H17FN2O3. The molecule has 5 nitrogen and oxygen atoms in total. The molecule has 0 spiro atoms. The van der Waals surface area contributed by atoms with E-state index in [2.05, 4.69) is 4.98 Å². The Morgan fingerprint density at radius 2 is 2.11 bits per heavy atom. The number of halogens is 1. The minimum Gasteiger partial charge on any atom is -0.391 e. The summed E-state index contributed by atoms with van der Waals surface area (Å²) in [5, 5.41) is 0. The summed E-state index contributed by atoms with van der Waals surface area (Å²) in [6, 6.07) is 0. The lowest BCUT2D eigenvalue weighted by molar-refractivity contribution is 0.177. The number of hydrogen-bond donors (Lipinski definition) is 1. The molecule has 18 heavy (non-hydrogen) atoms. The summed E-state index contributed by atoms with van der Waals surface area (Å²) in [4.78, 5) is 14.6. The highest BCUT2D eigenvalue weighted by Gasteiger charge is 2.27. The van der Waals surface area contributed by atoms with Gasteiger partial charge in [0, 0.05) is 18.2 Å². The van der Waals surface area contributed by atoms with Gasteiger partial charge >= 0.3 is 6.09 Å². The van der Waals surface area contributed by atoms with E-state index in [1.807, 2.05) is 20.8 Å². The Morgan fingerprint density at radius 1 is 1.50 bits per heavy atom. The van der Waals surface area contributed by atoms with Crippen LogP contribution in [0, 0.1) is 5.82 Å². The minimum atomic E-state index is -0.983. The van der Waals surface area contributed by atoms with Gasteiger partial charge in [-0.15, -0.1) is 0 Å². The molecule has 0 saturated heterocycles. The largest absolute Gasteiger partial charge is 0.411 e. The van der Waals surface area contributed by atoms with Gasteiger partial charge in [0.2, 0.25) is 5.88 Å². The highest BCUT2D eigenvalue weighted by atomic mass is 19.1. The number of aromatic nitrogens is 1. The van der Waals surface area contributed by atoms with E-state index in [0.29, 0.717) is 11.1 Å². The van der Waals surface area contributed by atoms with Gasteiger partial charge in [0.25, 0.3) is 0 Å². The Bertz CT molecular complexity index is 455. The third-order valence-corrected chi connectivity index (χ3v) is 2.34. The van der Waals surface area contributed by atoms with E-state index >= 15 is 0 Å². The lowest BCUT2D eigenvalue weighted by Crippen LogP contribution is -2.23. The number of carbonyl (C=O) groups is 1. The van der Waals surface area contributed by atoms with Crippen LogP contribution in [0.15, 0.2) is 6.20 Å². The van der Waals surface area contributed by atoms with Crippen molar-refractivity contribution in [1.29, 1.82) is 0 Å². The quantitative estimate of drug-likeness (QED) is 0.898. The number of methoxy groups -OCH3 is 1. The van der Waals surface area contributed by atoms with Crippen molar-refractivity contribution >= 4 is 6.09 Å². The van der Waals surface area contributed by atoms with Crippen LogP contribution >= 0.6 is 0 Å². The summed E-state index contributed by atoms with van der Waals surface area (Å²) in [7, 11) is 1.46. The number of hydrogen-bond acceptors (Lipinski definition) is 4. The second-order valence-electron chi connectivity index (χ2n) is 4.87. The maximum Gasteiger partial charge on any atom is 0.411 e. The molecule has 1 rings (SSSR count). The van der Waals surface area contributed by atoms with Crippen LogP contribution in [0.2, 0.25) is 0 Å². The molecule has 0 aliphatic heterocycles. The molecular weight excluding hydrogens is 239 g/mol. The standard InChI is InChI=1S/C12H17FN2O3/c1-12(2,3)9-7(6-17-4)8(13)5-15-10(9)18-11(14)16/h5H,6H2,1-4H3,(H2,14,16). The SMILES string of the molecule is COCc1c(F)cnc(OC(N)=O)c1C(C)(C)C. The Hall–Kier alpha value is -1.69. The van der Waals surface area contributed by atoms with Crippen LogP contribution < -0.4 is 10.5 Å². The number of nitrogens with zero attached hydrogens (tertiary/aromatic N) is 1. The maximum atomic E-state index is 13.8. The molecule has 0 atom stereocenters. The normalized spacial score (nSPS) is 11.4. The first-order valence-corrected chi connectivity index (χ1v) is 5.41. The highest BCUT2D eigenvalue weighted by Crippen LogP contribution is 2.34. The van der Waals surface area contributed by atoms with Gasteiger partial charge in [-0.3, -0.25) is 0 Å². The number of primary amides is 1. The van der Waals surface area contributed by atoms with Crippen molar-refractivity contribution < 1.29 is 18.7 Å². The fourth-order valence-corrected chi connectivity index (χ4v) is 1.74. The van der Waals surface area contributed by atoms with Crippen LogP contribution in [0.5, 0.6) is 5.88 Å². The zero-order valence-corrected chi connectivity index (χ0v) is 10.9. The molecule has 1 heterocycles. The van der Waals surface area contributed by atoms with E-state index in [4.69, 9.17) is 15.2 Å². The monoisotopic (exact) mass is 256 g/mol. The summed E-state index contributed by atoms with van der Waals surface area (Å²) in [6.07, 6.45) is 0.00461. The van der Waals surface area contributed by atoms with Crippen molar-refractivity contribution in [3.63, 3.8) is 0 Å². The number of rotatable bonds is 3. The zero-order chi connectivity index (χ0) is 13.9. The number of amides is 1. The lowest BCUT2D eigenvalue weighted by Gasteiger charge is -2.24. The summed E-state index contributed by atoms with van der Waals surface area (Å²) in [5.74, 6) is -0.484. The van der Waals surface area contributed by atoms with Gasteiger partial charge in [-0.2, -0.15) is 0 Å². The fraction of sp³-hybridized carbons (Fsp3) is 0.500. The second kappa shape index (κ2) is 5.30. The van der Waals surface area contributed by atoms with Gasteiger partial charge in [0.05, 0.1) is 12.8 Å². The summed E-state index contributed by atoms with van der Waals surface area (Å²) in [5.41, 5.74) is 5.30. The van der Waals surface area contributed by atoms with Crippen molar-refractivity contribution in [3.8, 4) is 5.88 Å². The smallest absolute Gasteiger partial charge is 0.391 e. The van der Waals surface area contributed by atoms with E-state index in [1.54, 1.807) is 0 Å². The summed E-state index contributed by atoms with van der Waals surface area (Å²) >= 11 is 0. The van der Waals surface area contributed by atoms with Crippen LogP contribution in [0.1, 0.15) is 31.9 Å². The molecule has 1 aromatic rings. The molecule has 100 valence electrons. The van der Waals surface area contributed by atoms with E-state index in [-0.39, 0.29) is 12.5 Å². The summed E-state index contributed by atoms with van der Waals surface area (Å²) in [6.45, 7) is 5.64. The van der Waals surface area contributed by atoms with Gasteiger partial charge in [0.15, 0.2) is 0 Å². The lowest BCUT2D eigenvalue weighted by atomic mass is 9.84. The average molecular weight is 256 g/mol. The topological polar surface area (TPSA) is 74.4 Å². The van der Waals surface area contributed by atoms with Gasteiger partial charge < -0.3 is 15.2 Å². The number of carbonyl (C=O) groups excluding carboxylic acids is 1. The first kappa shape index (κ1) is 14.4. The average Bonchev–Trinajstić information content (AvgIpc) is 2.20. The van der Waals surface area contributed by atoms with Gasteiger partial charge in [-0.25, -0.2) is 14.2 Å². The molecule has 0 saturated carbocycles. The highest BCUT2D eigenvalue weighted by molar-refractivity contribution is 5.68. The van der Waals surface area contributed by atoms with Gasteiger partial charge in [0.1, 0.15) is 5.82 Å². The first-order valence-electron chi connectivity index (χ1n) is 5.41. The molecule has 0 radical (unpaired) electrons. The summed E-state index contributed by atoms with van der Waals surface area (Å²) < 4.78 is 23.6. The van der Waals surface area contributed by atoms with Crippen LogP contribution in [0.3, 0.4) is 0 Å². The molecule has 0 aliphatic carbocycles. The fourth-order valence-electron chi connectivity index (χ4n) is 1.74. The molecule has 0 fully saturated rings. The van der Waals surface area contributed by atoms with Crippen molar-refractivity contribution in [2.24, 2.45) is 5.73 Å². The second-order valence-corrected chi connectivity index (χ2v) is 4.87. The minimum absolute atomic E-state index is 0.0171. The molecule has 6 heteroatoms. The molecule has 0 bridgehead atoms. The molecule has 1 aromatic heterocycles. The molecule has 0 aromatic carbocycles. The van der Waals surface area contributed by atoms with Gasteiger partial charge in [-0.05, 0) is 5.41 Å². The number of ether oxygens (including phenoxy) is 2. The number of pyridine rings is 1. The van der Waals surface area contributed by atoms with Gasteiger partial charge in [-0.1, -0.05) is 20.8 Å². The third kappa shape index (κ3) is 3.16. The van der Waals surface area contributed by atoms with E-state index in [9.17, 15) is 9.18 Å². The third-order valence-electron chi connectivity index (χ3n) is 2.34.